The molecule has 0 saturated carbocycles. The Morgan fingerprint density at radius 1 is 1.12 bits per heavy atom. The molecule has 0 radical (unpaired) electrons. The van der Waals surface area contributed by atoms with Crippen molar-refractivity contribution in [3.63, 3.8) is 0 Å². The second kappa shape index (κ2) is 10.1. The van der Waals surface area contributed by atoms with Gasteiger partial charge < -0.3 is 14.5 Å². The van der Waals surface area contributed by atoms with Gasteiger partial charge in [0.1, 0.15) is 5.01 Å². The van der Waals surface area contributed by atoms with Crippen LogP contribution in [0, 0.1) is 6.92 Å². The van der Waals surface area contributed by atoms with Crippen LogP contribution in [0.1, 0.15) is 10.6 Å². The lowest BCUT2D eigenvalue weighted by atomic mass is 10.2. The number of thiazole rings is 1. The number of thioether (sulfide) groups is 1. The zero-order valence-corrected chi connectivity index (χ0v) is 20.8. The number of ether oxygens (including phenoxy) is 1. The summed E-state index contributed by atoms with van der Waals surface area (Å²) in [6.45, 7) is 5.42. The van der Waals surface area contributed by atoms with E-state index in [0.717, 1.165) is 45.5 Å². The van der Waals surface area contributed by atoms with Crippen LogP contribution in [0.2, 0.25) is 0 Å². The number of fused-ring (bicyclic) bond motifs is 1. The molecule has 1 aliphatic rings. The summed E-state index contributed by atoms with van der Waals surface area (Å²) in [7, 11) is 1.82. The van der Waals surface area contributed by atoms with Crippen molar-refractivity contribution < 1.29 is 9.53 Å². The first-order chi connectivity index (χ1) is 16.6. The number of aryl methyl sites for hydroxylation is 1. The zero-order valence-electron chi connectivity index (χ0n) is 19.2. The van der Waals surface area contributed by atoms with Crippen LogP contribution < -0.4 is 4.90 Å². The van der Waals surface area contributed by atoms with Crippen LogP contribution in [0.25, 0.3) is 15.9 Å². The minimum absolute atomic E-state index is 0.0245. The highest BCUT2D eigenvalue weighted by Gasteiger charge is 2.23. The second-order valence-electron chi connectivity index (χ2n) is 8.12. The van der Waals surface area contributed by atoms with Gasteiger partial charge >= 0.3 is 0 Å². The Labute approximate surface area is 206 Å². The number of carbonyl (C=O) groups is 1. The largest absolute Gasteiger partial charge is 0.378 e. The summed E-state index contributed by atoms with van der Waals surface area (Å²) >= 11 is 3.03. The fourth-order valence-electron chi connectivity index (χ4n) is 3.86. The molecule has 10 heteroatoms. The van der Waals surface area contributed by atoms with Gasteiger partial charge in [0.25, 0.3) is 0 Å². The van der Waals surface area contributed by atoms with Gasteiger partial charge in [0.15, 0.2) is 5.16 Å². The minimum atomic E-state index is 0.0245. The van der Waals surface area contributed by atoms with E-state index >= 15 is 0 Å². The van der Waals surface area contributed by atoms with Crippen LogP contribution in [0.15, 0.2) is 53.7 Å². The first kappa shape index (κ1) is 22.8. The fraction of sp³-hybridized carbons (Fsp3) is 0.333. The average Bonchev–Trinajstić information content (AvgIpc) is 3.47. The van der Waals surface area contributed by atoms with E-state index in [0.29, 0.717) is 24.9 Å². The lowest BCUT2D eigenvalue weighted by Crippen LogP contribution is -2.38. The molecule has 2 aromatic carbocycles. The Hall–Kier alpha value is -2.95. The average molecular weight is 495 g/mol. The molecule has 0 spiro atoms. The number of nitrogens with zero attached hydrogens (tertiary/aromatic N) is 6. The maximum atomic E-state index is 13.0. The third-order valence-electron chi connectivity index (χ3n) is 5.73. The highest BCUT2D eigenvalue weighted by Crippen LogP contribution is 2.29. The van der Waals surface area contributed by atoms with Crippen molar-refractivity contribution in [1.82, 2.24) is 24.6 Å². The number of morpholine rings is 1. The van der Waals surface area contributed by atoms with Gasteiger partial charge in [-0.25, -0.2) is 4.98 Å². The van der Waals surface area contributed by atoms with Gasteiger partial charge in [0.2, 0.25) is 11.9 Å². The molecule has 0 unspecified atom stereocenters. The van der Waals surface area contributed by atoms with Crippen molar-refractivity contribution in [3.05, 3.63) is 59.1 Å². The molecule has 0 atom stereocenters. The van der Waals surface area contributed by atoms with Crippen LogP contribution in [-0.4, -0.2) is 69.7 Å². The standard InChI is InChI=1S/C24H26N6O2S2/c1-17-7-3-5-9-19(17)30-23(29-11-13-32-14-12-29)26-27-24(30)33-16-22(31)28(2)15-21-25-18-8-4-6-10-20(18)34-21/h3-10H,11-16H2,1-2H3. The lowest BCUT2D eigenvalue weighted by Gasteiger charge is -2.28. The topological polar surface area (TPSA) is 76.4 Å². The summed E-state index contributed by atoms with van der Waals surface area (Å²) < 4.78 is 8.71. The Balaban J connectivity index is 1.32. The molecular formula is C24H26N6O2S2. The number of benzene rings is 2. The van der Waals surface area contributed by atoms with E-state index in [1.807, 2.05) is 37.4 Å². The Kier molecular flexibility index (Phi) is 6.80. The summed E-state index contributed by atoms with van der Waals surface area (Å²) in [6.07, 6.45) is 0. The molecule has 4 aromatic rings. The maximum absolute atomic E-state index is 13.0. The molecule has 8 nitrogen and oxygen atoms in total. The number of aromatic nitrogens is 4. The number of rotatable bonds is 7. The highest BCUT2D eigenvalue weighted by molar-refractivity contribution is 7.99. The van der Waals surface area contributed by atoms with Crippen molar-refractivity contribution in [2.24, 2.45) is 0 Å². The van der Waals surface area contributed by atoms with Crippen molar-refractivity contribution in [3.8, 4) is 5.69 Å². The number of para-hydroxylation sites is 2. The molecule has 3 heterocycles. The van der Waals surface area contributed by atoms with Crippen molar-refractivity contribution in [1.29, 1.82) is 0 Å². The van der Waals surface area contributed by atoms with Gasteiger partial charge in [0.05, 0.1) is 41.4 Å². The van der Waals surface area contributed by atoms with Gasteiger partial charge in [-0.15, -0.1) is 21.5 Å². The summed E-state index contributed by atoms with van der Waals surface area (Å²) in [5.41, 5.74) is 3.12. The molecule has 0 aliphatic carbocycles. The molecular weight excluding hydrogens is 468 g/mol. The predicted molar refractivity (Wildman–Crippen MR) is 136 cm³/mol. The van der Waals surface area contributed by atoms with Gasteiger partial charge in [-0.05, 0) is 30.7 Å². The second-order valence-corrected chi connectivity index (χ2v) is 10.2. The van der Waals surface area contributed by atoms with Gasteiger partial charge in [-0.1, -0.05) is 42.1 Å². The predicted octanol–water partition coefficient (Wildman–Crippen LogP) is 3.77. The van der Waals surface area contributed by atoms with Crippen LogP contribution in [-0.2, 0) is 16.1 Å². The van der Waals surface area contributed by atoms with E-state index in [1.165, 1.54) is 11.8 Å². The molecule has 2 aromatic heterocycles. The van der Waals surface area contributed by atoms with E-state index in [9.17, 15) is 4.79 Å². The molecule has 0 bridgehead atoms. The first-order valence-electron chi connectivity index (χ1n) is 11.2. The molecule has 1 aliphatic heterocycles. The fourth-order valence-corrected chi connectivity index (χ4v) is 5.77. The quantitative estimate of drug-likeness (QED) is 0.362. The number of anilines is 1. The number of hydrogen-bond donors (Lipinski definition) is 0. The molecule has 1 amide bonds. The van der Waals surface area contributed by atoms with E-state index in [2.05, 4.69) is 49.8 Å². The Morgan fingerprint density at radius 3 is 2.68 bits per heavy atom. The monoisotopic (exact) mass is 494 g/mol. The summed E-state index contributed by atoms with van der Waals surface area (Å²) in [5, 5.41) is 10.6. The summed E-state index contributed by atoms with van der Waals surface area (Å²) in [5.74, 6) is 1.08. The van der Waals surface area contributed by atoms with Gasteiger partial charge in [-0.2, -0.15) is 0 Å². The number of hydrogen-bond acceptors (Lipinski definition) is 8. The van der Waals surface area contributed by atoms with Crippen molar-refractivity contribution >= 4 is 45.2 Å². The normalized spacial score (nSPS) is 14.0. The molecule has 1 saturated heterocycles. The van der Waals surface area contributed by atoms with Gasteiger partial charge in [-0.3, -0.25) is 9.36 Å². The first-order valence-corrected chi connectivity index (χ1v) is 13.0. The summed E-state index contributed by atoms with van der Waals surface area (Å²) in [6, 6.07) is 16.2. The van der Waals surface area contributed by atoms with Crippen molar-refractivity contribution in [2.45, 2.75) is 18.6 Å². The van der Waals surface area contributed by atoms with Crippen LogP contribution in [0.4, 0.5) is 5.95 Å². The smallest absolute Gasteiger partial charge is 0.233 e. The molecule has 1 fully saturated rings. The molecule has 5 rings (SSSR count). The van der Waals surface area contributed by atoms with E-state index in [4.69, 9.17) is 4.74 Å². The number of amides is 1. The van der Waals surface area contributed by atoms with Crippen LogP contribution >= 0.6 is 23.1 Å². The van der Waals surface area contributed by atoms with E-state index in [-0.39, 0.29) is 11.7 Å². The van der Waals surface area contributed by atoms with E-state index in [1.54, 1.807) is 16.2 Å². The zero-order chi connectivity index (χ0) is 23.5. The van der Waals surface area contributed by atoms with Crippen LogP contribution in [0.5, 0.6) is 0 Å². The lowest BCUT2D eigenvalue weighted by molar-refractivity contribution is -0.127. The third kappa shape index (κ3) is 4.79. The SMILES string of the molecule is Cc1ccccc1-n1c(SCC(=O)N(C)Cc2nc3ccccc3s2)nnc1N1CCOCC1. The highest BCUT2D eigenvalue weighted by atomic mass is 32.2. The summed E-state index contributed by atoms with van der Waals surface area (Å²) in [4.78, 5) is 21.5. The molecule has 176 valence electrons. The van der Waals surface area contributed by atoms with Gasteiger partial charge in [0, 0.05) is 20.1 Å². The maximum Gasteiger partial charge on any atom is 0.233 e. The molecule has 0 N–H and O–H groups in total. The Morgan fingerprint density at radius 2 is 1.88 bits per heavy atom. The third-order valence-corrected chi connectivity index (χ3v) is 7.66. The van der Waals surface area contributed by atoms with E-state index < -0.39 is 0 Å². The Bertz CT molecular complexity index is 1260. The molecule has 34 heavy (non-hydrogen) atoms. The number of carbonyl (C=O) groups excluding carboxylic acids is 1. The van der Waals surface area contributed by atoms with Crippen molar-refractivity contribution in [2.75, 3.05) is 44.0 Å². The van der Waals surface area contributed by atoms with Crippen LogP contribution in [0.3, 0.4) is 0 Å². The minimum Gasteiger partial charge on any atom is -0.378 e.